The molecular weight excluding hydrogens is 224 g/mol. The quantitative estimate of drug-likeness (QED) is 0.763. The average Bonchev–Trinajstić information content (AvgIpc) is 2.79. The maximum atomic E-state index is 5.69. The number of piperazine rings is 1. The van der Waals surface area contributed by atoms with Crippen LogP contribution in [0.4, 0.5) is 0 Å². The van der Waals surface area contributed by atoms with E-state index in [4.69, 9.17) is 4.74 Å². The van der Waals surface area contributed by atoms with E-state index in [1.165, 1.54) is 25.7 Å². The van der Waals surface area contributed by atoms with Gasteiger partial charge in [-0.05, 0) is 33.1 Å². The summed E-state index contributed by atoms with van der Waals surface area (Å²) < 4.78 is 5.69. The zero-order valence-corrected chi connectivity index (χ0v) is 12.4. The molecule has 3 nitrogen and oxygen atoms in total. The van der Waals surface area contributed by atoms with Crippen LogP contribution in [0.2, 0.25) is 0 Å². The summed E-state index contributed by atoms with van der Waals surface area (Å²) in [6.07, 6.45) is 6.65. The van der Waals surface area contributed by atoms with Crippen molar-refractivity contribution in [1.82, 2.24) is 10.2 Å². The molecule has 0 radical (unpaired) electrons. The molecule has 1 saturated carbocycles. The first-order valence-corrected chi connectivity index (χ1v) is 7.66. The Kier molecular flexibility index (Phi) is 4.68. The number of hydrogen-bond acceptors (Lipinski definition) is 3. The van der Waals surface area contributed by atoms with Crippen LogP contribution in [0.3, 0.4) is 0 Å². The zero-order chi connectivity index (χ0) is 13.1. The van der Waals surface area contributed by atoms with Crippen LogP contribution in [-0.4, -0.2) is 48.8 Å². The fourth-order valence-electron chi connectivity index (χ4n) is 3.48. The summed E-state index contributed by atoms with van der Waals surface area (Å²) in [5, 5.41) is 3.74. The Bertz CT molecular complexity index is 259. The summed E-state index contributed by atoms with van der Waals surface area (Å²) in [6, 6.07) is 0. The highest BCUT2D eigenvalue weighted by molar-refractivity contribution is 5.04. The van der Waals surface area contributed by atoms with Gasteiger partial charge in [-0.15, -0.1) is 0 Å². The van der Waals surface area contributed by atoms with Crippen molar-refractivity contribution in [2.24, 2.45) is 0 Å². The van der Waals surface area contributed by atoms with Gasteiger partial charge in [0.1, 0.15) is 0 Å². The molecule has 2 rings (SSSR count). The molecule has 2 aliphatic rings. The predicted molar refractivity (Wildman–Crippen MR) is 76.0 cm³/mol. The number of rotatable bonds is 5. The lowest BCUT2D eigenvalue weighted by Gasteiger charge is -2.51. The highest BCUT2D eigenvalue weighted by Gasteiger charge is 2.45. The second-order valence-corrected chi connectivity index (χ2v) is 6.70. The Labute approximate surface area is 112 Å². The Morgan fingerprint density at radius 1 is 1.17 bits per heavy atom. The first-order chi connectivity index (χ1) is 8.58. The fourth-order valence-corrected chi connectivity index (χ4v) is 3.48. The van der Waals surface area contributed by atoms with Gasteiger partial charge in [0.15, 0.2) is 0 Å². The molecule has 0 aromatic carbocycles. The van der Waals surface area contributed by atoms with E-state index in [0.29, 0.717) is 5.54 Å². The molecule has 1 saturated heterocycles. The summed E-state index contributed by atoms with van der Waals surface area (Å²) >= 11 is 0. The van der Waals surface area contributed by atoms with Crippen molar-refractivity contribution in [3.63, 3.8) is 0 Å². The molecule has 0 unspecified atom stereocenters. The van der Waals surface area contributed by atoms with Gasteiger partial charge in [0.25, 0.3) is 0 Å². The van der Waals surface area contributed by atoms with Crippen LogP contribution in [0.5, 0.6) is 0 Å². The fraction of sp³-hybridized carbons (Fsp3) is 1.00. The molecule has 0 atom stereocenters. The van der Waals surface area contributed by atoms with E-state index >= 15 is 0 Å². The largest absolute Gasteiger partial charge is 0.380 e. The van der Waals surface area contributed by atoms with Gasteiger partial charge in [0, 0.05) is 37.3 Å². The summed E-state index contributed by atoms with van der Waals surface area (Å²) in [5.41, 5.74) is 0.684. The van der Waals surface area contributed by atoms with Gasteiger partial charge in [-0.1, -0.05) is 19.8 Å². The maximum Gasteiger partial charge on any atom is 0.0593 e. The summed E-state index contributed by atoms with van der Waals surface area (Å²) in [7, 11) is 0. The minimum atomic E-state index is 0.249. The summed E-state index contributed by atoms with van der Waals surface area (Å²) in [4.78, 5) is 2.71. The van der Waals surface area contributed by atoms with Crippen molar-refractivity contribution in [3.8, 4) is 0 Å². The van der Waals surface area contributed by atoms with Gasteiger partial charge in [-0.2, -0.15) is 0 Å². The zero-order valence-electron chi connectivity index (χ0n) is 12.4. The minimum Gasteiger partial charge on any atom is -0.380 e. The molecule has 0 aromatic rings. The number of nitrogens with zero attached hydrogens (tertiary/aromatic N) is 1. The van der Waals surface area contributed by atoms with E-state index in [1.807, 2.05) is 0 Å². The first kappa shape index (κ1) is 14.3. The van der Waals surface area contributed by atoms with Gasteiger partial charge >= 0.3 is 0 Å². The predicted octanol–water partition coefficient (Wildman–Crippen LogP) is 2.41. The third-order valence-corrected chi connectivity index (χ3v) is 4.54. The van der Waals surface area contributed by atoms with Crippen molar-refractivity contribution in [2.45, 2.75) is 64.0 Å². The lowest BCUT2D eigenvalue weighted by molar-refractivity contribution is -0.00455. The molecule has 0 amide bonds. The molecule has 3 heteroatoms. The van der Waals surface area contributed by atoms with E-state index < -0.39 is 0 Å². The van der Waals surface area contributed by atoms with Crippen LogP contribution in [0.25, 0.3) is 0 Å². The number of hydrogen-bond donors (Lipinski definition) is 1. The summed E-state index contributed by atoms with van der Waals surface area (Å²) in [5.74, 6) is 0. The van der Waals surface area contributed by atoms with Crippen molar-refractivity contribution in [3.05, 3.63) is 0 Å². The molecule has 0 aromatic heterocycles. The maximum absolute atomic E-state index is 5.69. The third kappa shape index (κ3) is 3.25. The smallest absolute Gasteiger partial charge is 0.0593 e. The van der Waals surface area contributed by atoms with Crippen molar-refractivity contribution in [2.75, 3.05) is 32.8 Å². The van der Waals surface area contributed by atoms with Crippen LogP contribution in [0.1, 0.15) is 52.9 Å². The van der Waals surface area contributed by atoms with Crippen molar-refractivity contribution >= 4 is 0 Å². The average molecular weight is 254 g/mol. The Morgan fingerprint density at radius 2 is 1.89 bits per heavy atom. The van der Waals surface area contributed by atoms with E-state index in [9.17, 15) is 0 Å². The van der Waals surface area contributed by atoms with E-state index in [0.717, 1.165) is 39.3 Å². The monoisotopic (exact) mass is 254 g/mol. The van der Waals surface area contributed by atoms with E-state index in [1.54, 1.807) is 0 Å². The molecule has 2 fully saturated rings. The molecule has 106 valence electrons. The second kappa shape index (κ2) is 5.89. The first-order valence-electron chi connectivity index (χ1n) is 7.66. The SMILES string of the molecule is CCCOCCN1CC(C)(C)NCC12CCCC2. The summed E-state index contributed by atoms with van der Waals surface area (Å²) in [6.45, 7) is 12.0. The van der Waals surface area contributed by atoms with Crippen LogP contribution in [0, 0.1) is 0 Å². The molecule has 1 spiro atoms. The normalized spacial score (nSPS) is 26.8. The van der Waals surface area contributed by atoms with Gasteiger partial charge < -0.3 is 10.1 Å². The number of ether oxygens (including phenoxy) is 1. The van der Waals surface area contributed by atoms with E-state index in [2.05, 4.69) is 31.0 Å². The highest BCUT2D eigenvalue weighted by atomic mass is 16.5. The van der Waals surface area contributed by atoms with Crippen molar-refractivity contribution < 1.29 is 4.74 Å². The molecule has 18 heavy (non-hydrogen) atoms. The Morgan fingerprint density at radius 3 is 2.56 bits per heavy atom. The van der Waals surface area contributed by atoms with Crippen LogP contribution in [0.15, 0.2) is 0 Å². The Balaban J connectivity index is 1.92. The van der Waals surface area contributed by atoms with Crippen LogP contribution in [-0.2, 0) is 4.74 Å². The third-order valence-electron chi connectivity index (χ3n) is 4.54. The minimum absolute atomic E-state index is 0.249. The lowest BCUT2D eigenvalue weighted by atomic mass is 9.87. The second-order valence-electron chi connectivity index (χ2n) is 6.70. The van der Waals surface area contributed by atoms with Crippen molar-refractivity contribution in [1.29, 1.82) is 0 Å². The standard InChI is InChI=1S/C15H30N2O/c1-4-10-18-11-9-17-13-14(2,3)16-12-15(17)7-5-6-8-15/h16H,4-13H2,1-3H3. The highest BCUT2D eigenvalue weighted by Crippen LogP contribution is 2.38. The van der Waals surface area contributed by atoms with Crippen LogP contribution < -0.4 is 5.32 Å². The number of nitrogens with one attached hydrogen (secondary N) is 1. The van der Waals surface area contributed by atoms with Gasteiger partial charge in [-0.3, -0.25) is 4.90 Å². The molecule has 0 bridgehead atoms. The van der Waals surface area contributed by atoms with Gasteiger partial charge in [0.05, 0.1) is 6.61 Å². The topological polar surface area (TPSA) is 24.5 Å². The molecule has 1 aliphatic carbocycles. The molecule has 1 heterocycles. The lowest BCUT2D eigenvalue weighted by Crippen LogP contribution is -2.67. The van der Waals surface area contributed by atoms with Crippen LogP contribution >= 0.6 is 0 Å². The molecular formula is C15H30N2O. The van der Waals surface area contributed by atoms with Gasteiger partial charge in [-0.25, -0.2) is 0 Å². The van der Waals surface area contributed by atoms with Gasteiger partial charge in [0.2, 0.25) is 0 Å². The molecule has 1 N–H and O–H groups in total. The van der Waals surface area contributed by atoms with E-state index in [-0.39, 0.29) is 5.54 Å². The Hall–Kier alpha value is -0.120. The molecule has 1 aliphatic heterocycles.